The van der Waals surface area contributed by atoms with Gasteiger partial charge in [0.1, 0.15) is 11.0 Å². The van der Waals surface area contributed by atoms with E-state index in [1.807, 2.05) is 38.1 Å². The van der Waals surface area contributed by atoms with E-state index in [-0.39, 0.29) is 11.9 Å². The maximum absolute atomic E-state index is 12.3. The molecule has 24 heavy (non-hydrogen) atoms. The van der Waals surface area contributed by atoms with E-state index in [4.69, 9.17) is 0 Å². The Bertz CT molecular complexity index is 677. The molecular formula is C18H24N4OS. The average Bonchev–Trinajstić information content (AvgIpc) is 3.06. The number of anilines is 2. The van der Waals surface area contributed by atoms with Gasteiger partial charge >= 0.3 is 0 Å². The molecule has 1 aromatic heterocycles. The van der Waals surface area contributed by atoms with Crippen LogP contribution in [0.4, 0.5) is 10.8 Å². The summed E-state index contributed by atoms with van der Waals surface area (Å²) in [5, 5.41) is 16.2. The Morgan fingerprint density at radius 1 is 1.17 bits per heavy atom. The molecule has 0 aliphatic heterocycles. The largest absolute Gasteiger partial charge is 0.374 e. The maximum atomic E-state index is 12.3. The first-order valence-electron chi connectivity index (χ1n) is 8.59. The lowest BCUT2D eigenvalue weighted by Gasteiger charge is -2.18. The van der Waals surface area contributed by atoms with Crippen molar-refractivity contribution >= 4 is 28.1 Å². The number of hydrogen-bond acceptors (Lipinski definition) is 5. The van der Waals surface area contributed by atoms with Crippen molar-refractivity contribution in [3.8, 4) is 0 Å². The van der Waals surface area contributed by atoms with Crippen LogP contribution in [0.2, 0.25) is 0 Å². The lowest BCUT2D eigenvalue weighted by atomic mass is 9.90. The van der Waals surface area contributed by atoms with Crippen LogP contribution in [0.3, 0.4) is 0 Å². The summed E-state index contributed by atoms with van der Waals surface area (Å²) >= 11 is 1.51. The molecule has 1 heterocycles. The van der Waals surface area contributed by atoms with Gasteiger partial charge in [0.2, 0.25) is 11.0 Å². The summed E-state index contributed by atoms with van der Waals surface area (Å²) < 4.78 is 0. The first-order chi connectivity index (χ1) is 11.6. The summed E-state index contributed by atoms with van der Waals surface area (Å²) in [5.41, 5.74) is 2.13. The molecule has 5 nitrogen and oxygen atoms in total. The van der Waals surface area contributed by atoms with Crippen LogP contribution in [0.25, 0.3) is 0 Å². The van der Waals surface area contributed by atoms with Crippen LogP contribution in [0.15, 0.2) is 24.3 Å². The normalized spacial score (nSPS) is 16.6. The number of amides is 1. The second-order valence-electron chi connectivity index (χ2n) is 6.50. The van der Waals surface area contributed by atoms with Crippen molar-refractivity contribution in [1.29, 1.82) is 0 Å². The molecule has 6 heteroatoms. The predicted octanol–water partition coefficient (Wildman–Crippen LogP) is 4.33. The van der Waals surface area contributed by atoms with Crippen LogP contribution in [0.1, 0.15) is 55.5 Å². The SMILES string of the molecule is Cc1ccc(N[C@@H](C)C(=O)Nc2nnc(C3CCCCC3)s2)cc1. The average molecular weight is 344 g/mol. The van der Waals surface area contributed by atoms with Gasteiger partial charge in [0.25, 0.3) is 0 Å². The molecule has 1 fully saturated rings. The highest BCUT2D eigenvalue weighted by Crippen LogP contribution is 2.35. The third-order valence-electron chi connectivity index (χ3n) is 4.45. The van der Waals surface area contributed by atoms with Gasteiger partial charge in [-0.2, -0.15) is 0 Å². The van der Waals surface area contributed by atoms with Crippen molar-refractivity contribution in [2.45, 2.75) is 57.9 Å². The summed E-state index contributed by atoms with van der Waals surface area (Å²) in [6, 6.07) is 7.66. The van der Waals surface area contributed by atoms with Gasteiger partial charge in [0.15, 0.2) is 0 Å². The van der Waals surface area contributed by atoms with E-state index in [0.717, 1.165) is 10.7 Å². The number of nitrogens with zero attached hydrogens (tertiary/aromatic N) is 2. The van der Waals surface area contributed by atoms with Crippen LogP contribution in [0, 0.1) is 6.92 Å². The second-order valence-corrected chi connectivity index (χ2v) is 7.51. The van der Waals surface area contributed by atoms with Gasteiger partial charge in [-0.3, -0.25) is 10.1 Å². The second kappa shape index (κ2) is 7.75. The Morgan fingerprint density at radius 2 is 1.88 bits per heavy atom. The molecule has 1 saturated carbocycles. The molecule has 0 spiro atoms. The quantitative estimate of drug-likeness (QED) is 0.847. The molecule has 0 radical (unpaired) electrons. The lowest BCUT2D eigenvalue weighted by Crippen LogP contribution is -2.31. The van der Waals surface area contributed by atoms with Crippen molar-refractivity contribution in [1.82, 2.24) is 10.2 Å². The van der Waals surface area contributed by atoms with Crippen LogP contribution in [0.5, 0.6) is 0 Å². The van der Waals surface area contributed by atoms with Crippen molar-refractivity contribution in [3.63, 3.8) is 0 Å². The minimum absolute atomic E-state index is 0.0954. The van der Waals surface area contributed by atoms with E-state index in [1.165, 1.54) is 49.0 Å². The van der Waals surface area contributed by atoms with E-state index in [9.17, 15) is 4.79 Å². The van der Waals surface area contributed by atoms with Crippen LogP contribution in [-0.4, -0.2) is 22.1 Å². The topological polar surface area (TPSA) is 66.9 Å². The van der Waals surface area contributed by atoms with Crippen LogP contribution in [-0.2, 0) is 4.79 Å². The van der Waals surface area contributed by atoms with Gasteiger partial charge in [0, 0.05) is 11.6 Å². The van der Waals surface area contributed by atoms with E-state index >= 15 is 0 Å². The number of benzene rings is 1. The fourth-order valence-corrected chi connectivity index (χ4v) is 3.89. The summed E-state index contributed by atoms with van der Waals surface area (Å²) in [6.07, 6.45) is 6.23. The fraction of sp³-hybridized carbons (Fsp3) is 0.500. The first kappa shape index (κ1) is 16.9. The highest BCUT2D eigenvalue weighted by molar-refractivity contribution is 7.15. The Hall–Kier alpha value is -1.95. The summed E-state index contributed by atoms with van der Waals surface area (Å²) in [5.74, 6) is 0.423. The highest BCUT2D eigenvalue weighted by Gasteiger charge is 2.21. The van der Waals surface area contributed by atoms with Gasteiger partial charge in [-0.15, -0.1) is 10.2 Å². The van der Waals surface area contributed by atoms with Gasteiger partial charge < -0.3 is 5.32 Å². The Morgan fingerprint density at radius 3 is 2.58 bits per heavy atom. The van der Waals surface area contributed by atoms with Gasteiger partial charge in [-0.05, 0) is 38.8 Å². The number of aromatic nitrogens is 2. The summed E-state index contributed by atoms with van der Waals surface area (Å²) in [6.45, 7) is 3.89. The van der Waals surface area contributed by atoms with Crippen molar-refractivity contribution < 1.29 is 4.79 Å². The molecule has 0 bridgehead atoms. The van der Waals surface area contributed by atoms with E-state index in [0.29, 0.717) is 11.0 Å². The van der Waals surface area contributed by atoms with Crippen LogP contribution >= 0.6 is 11.3 Å². The van der Waals surface area contributed by atoms with E-state index in [2.05, 4.69) is 20.8 Å². The minimum Gasteiger partial charge on any atom is -0.374 e. The first-order valence-corrected chi connectivity index (χ1v) is 9.41. The fourth-order valence-electron chi connectivity index (χ4n) is 2.98. The zero-order valence-electron chi connectivity index (χ0n) is 14.2. The van der Waals surface area contributed by atoms with Gasteiger partial charge in [-0.1, -0.05) is 48.3 Å². The molecular weight excluding hydrogens is 320 g/mol. The number of rotatable bonds is 5. The molecule has 1 aliphatic carbocycles. The predicted molar refractivity (Wildman–Crippen MR) is 98.6 cm³/mol. The Labute approximate surface area is 146 Å². The van der Waals surface area contributed by atoms with E-state index < -0.39 is 0 Å². The lowest BCUT2D eigenvalue weighted by molar-refractivity contribution is -0.116. The molecule has 2 N–H and O–H groups in total. The number of aryl methyl sites for hydroxylation is 1. The maximum Gasteiger partial charge on any atom is 0.248 e. The molecule has 128 valence electrons. The number of carbonyl (C=O) groups is 1. The smallest absolute Gasteiger partial charge is 0.248 e. The molecule has 0 unspecified atom stereocenters. The van der Waals surface area contributed by atoms with Crippen molar-refractivity contribution in [2.24, 2.45) is 0 Å². The molecule has 1 amide bonds. The third-order valence-corrected chi connectivity index (χ3v) is 5.45. The molecule has 3 rings (SSSR count). The zero-order chi connectivity index (χ0) is 16.9. The molecule has 0 saturated heterocycles. The zero-order valence-corrected chi connectivity index (χ0v) is 15.0. The molecule has 2 aromatic rings. The minimum atomic E-state index is -0.338. The molecule has 1 aliphatic rings. The Kier molecular flexibility index (Phi) is 5.45. The van der Waals surface area contributed by atoms with E-state index in [1.54, 1.807) is 0 Å². The van der Waals surface area contributed by atoms with Crippen molar-refractivity contribution in [3.05, 3.63) is 34.8 Å². The number of hydrogen-bond donors (Lipinski definition) is 2. The number of nitrogens with one attached hydrogen (secondary N) is 2. The number of carbonyl (C=O) groups excluding carboxylic acids is 1. The standard InChI is InChI=1S/C18H24N4OS/c1-12-8-10-15(11-9-12)19-13(2)16(23)20-18-22-21-17(24-18)14-6-4-3-5-7-14/h8-11,13-14,19H,3-7H2,1-2H3,(H,20,22,23)/t13-/m0/s1. The monoisotopic (exact) mass is 344 g/mol. The molecule has 1 atom stereocenters. The third kappa shape index (κ3) is 4.32. The molecule has 1 aromatic carbocycles. The van der Waals surface area contributed by atoms with Crippen LogP contribution < -0.4 is 10.6 Å². The van der Waals surface area contributed by atoms with Gasteiger partial charge in [0.05, 0.1) is 0 Å². The highest BCUT2D eigenvalue weighted by atomic mass is 32.1. The van der Waals surface area contributed by atoms with Crippen molar-refractivity contribution in [2.75, 3.05) is 10.6 Å². The summed E-state index contributed by atoms with van der Waals surface area (Å²) in [7, 11) is 0. The summed E-state index contributed by atoms with van der Waals surface area (Å²) in [4.78, 5) is 12.3. The Balaban J connectivity index is 1.55. The van der Waals surface area contributed by atoms with Gasteiger partial charge in [-0.25, -0.2) is 0 Å².